The van der Waals surface area contributed by atoms with E-state index in [0.717, 1.165) is 12.8 Å². The summed E-state index contributed by atoms with van der Waals surface area (Å²) >= 11 is 0. The number of carboxylic acids is 1. The van der Waals surface area contributed by atoms with E-state index >= 15 is 0 Å². The third-order valence-electron chi connectivity index (χ3n) is 17.3. The molecular weight excluding hydrogens is 760 g/mol. The molecule has 0 amide bonds. The van der Waals surface area contributed by atoms with Crippen LogP contribution < -0.4 is 0 Å². The van der Waals surface area contributed by atoms with Crippen LogP contribution in [0.3, 0.4) is 0 Å². The molecule has 0 bridgehead atoms. The fraction of sp³-hybridized carbons (Fsp3) is 0.905. The van der Waals surface area contributed by atoms with Crippen molar-refractivity contribution in [3.05, 3.63) is 11.6 Å². The summed E-state index contributed by atoms with van der Waals surface area (Å²) in [4.78, 5) is 26.4. The van der Waals surface area contributed by atoms with Crippen LogP contribution in [0.2, 0.25) is 0 Å². The Balaban J connectivity index is 1.19. The molecule has 0 radical (unpaired) electrons. The highest BCUT2D eigenvalue weighted by molar-refractivity contribution is 5.79. The number of rotatable bonds is 7. The van der Waals surface area contributed by atoms with Gasteiger partial charge in [0.2, 0.25) is 6.29 Å². The molecule has 2 aliphatic heterocycles. The van der Waals surface area contributed by atoms with Crippen LogP contribution in [0, 0.1) is 50.2 Å². The lowest BCUT2D eigenvalue weighted by Crippen LogP contribution is -2.69. The van der Waals surface area contributed by atoms with Gasteiger partial charge in [-0.15, -0.1) is 0 Å². The van der Waals surface area contributed by atoms with Crippen molar-refractivity contribution in [1.82, 2.24) is 0 Å². The van der Waals surface area contributed by atoms with Gasteiger partial charge in [-0.2, -0.15) is 0 Å². The van der Waals surface area contributed by atoms with Crippen LogP contribution >= 0.6 is 0 Å². The van der Waals surface area contributed by atoms with E-state index in [0.29, 0.717) is 38.5 Å². The van der Waals surface area contributed by atoms with Gasteiger partial charge in [0.05, 0.1) is 30.8 Å². The first-order valence-corrected chi connectivity index (χ1v) is 21.1. The summed E-state index contributed by atoms with van der Waals surface area (Å²) in [6.07, 6.45) is -11.5. The molecule has 16 nitrogen and oxygen atoms in total. The van der Waals surface area contributed by atoms with Gasteiger partial charge in [-0.1, -0.05) is 53.2 Å². The summed E-state index contributed by atoms with van der Waals surface area (Å²) in [5.41, 5.74) is -2.19. The maximum atomic E-state index is 14.6. The number of aliphatic carboxylic acids is 1. The van der Waals surface area contributed by atoms with E-state index in [4.69, 9.17) is 18.9 Å². The molecule has 0 aromatic carbocycles. The van der Waals surface area contributed by atoms with Crippen LogP contribution in [0.4, 0.5) is 0 Å². The minimum atomic E-state index is -1.91. The summed E-state index contributed by atoms with van der Waals surface area (Å²) in [6, 6.07) is 0. The first kappa shape index (κ1) is 44.3. The maximum Gasteiger partial charge on any atom is 0.335 e. The van der Waals surface area contributed by atoms with Crippen molar-refractivity contribution in [3.63, 3.8) is 0 Å². The zero-order chi connectivity index (χ0) is 42.7. The molecule has 20 atom stereocenters. The number of hydrogen-bond donors (Lipinski definition) is 10. The standard InChI is InChI=1S/C42H66O16/c1-37(2)11-13-42(36(54)58-34-29(50)26(47)25(46)22(17-43)55-34)14-12-40(5)19(20(42)15-37)7-8-24-38(3)16-21(45)32(39(4,18-44)23(38)9-10-41(24,40)6)57-35-30(51)27(48)28(49)31(56-35)33(52)53/h7,20-32,34-35,43-51H,8-18H2,1-6H3,(H,52,53)/t20-,21+,22-,23-,24-,25-,26+,27+,28+,29-,30-,31+,32+,34+,35+,38+,39+,40-,41-,42+/m1/s1. The molecule has 6 fully saturated rings. The van der Waals surface area contributed by atoms with Crippen LogP contribution in [0.5, 0.6) is 0 Å². The van der Waals surface area contributed by atoms with Crippen LogP contribution in [0.25, 0.3) is 0 Å². The average molecular weight is 827 g/mol. The lowest BCUT2D eigenvalue weighted by molar-refractivity contribution is -0.340. The quantitative estimate of drug-likeness (QED) is 0.0943. The zero-order valence-electron chi connectivity index (χ0n) is 34.4. The predicted octanol–water partition coefficient (Wildman–Crippen LogP) is 0.352. The molecule has 2 heterocycles. The molecule has 7 rings (SSSR count). The van der Waals surface area contributed by atoms with Gasteiger partial charge in [-0.25, -0.2) is 4.79 Å². The number of ether oxygens (including phenoxy) is 4. The van der Waals surface area contributed by atoms with E-state index in [2.05, 4.69) is 40.7 Å². The third-order valence-corrected chi connectivity index (χ3v) is 17.3. The molecule has 4 saturated carbocycles. The summed E-state index contributed by atoms with van der Waals surface area (Å²) in [7, 11) is 0. The zero-order valence-corrected chi connectivity index (χ0v) is 34.4. The Kier molecular flexibility index (Phi) is 11.4. The highest BCUT2D eigenvalue weighted by Gasteiger charge is 2.71. The van der Waals surface area contributed by atoms with Crippen molar-refractivity contribution in [2.45, 2.75) is 173 Å². The van der Waals surface area contributed by atoms with E-state index in [1.165, 1.54) is 5.57 Å². The highest BCUT2D eigenvalue weighted by Crippen LogP contribution is 2.76. The predicted molar refractivity (Wildman–Crippen MR) is 201 cm³/mol. The molecule has 5 aliphatic carbocycles. The molecule has 0 aromatic rings. The Hall–Kier alpha value is -1.80. The molecule has 10 N–H and O–H groups in total. The Labute approximate surface area is 339 Å². The smallest absolute Gasteiger partial charge is 0.335 e. The monoisotopic (exact) mass is 826 g/mol. The lowest BCUT2D eigenvalue weighted by atomic mass is 9.33. The van der Waals surface area contributed by atoms with Gasteiger partial charge in [-0.05, 0) is 97.2 Å². The van der Waals surface area contributed by atoms with Crippen molar-refractivity contribution in [2.75, 3.05) is 13.2 Å². The van der Waals surface area contributed by atoms with E-state index in [1.807, 2.05) is 6.92 Å². The molecule has 16 heteroatoms. The van der Waals surface area contributed by atoms with Crippen molar-refractivity contribution in [2.24, 2.45) is 50.2 Å². The van der Waals surface area contributed by atoms with E-state index in [1.54, 1.807) is 0 Å². The van der Waals surface area contributed by atoms with Crippen molar-refractivity contribution < 1.29 is 79.6 Å². The summed E-state index contributed by atoms with van der Waals surface area (Å²) < 4.78 is 23.2. The first-order valence-electron chi connectivity index (χ1n) is 21.1. The largest absolute Gasteiger partial charge is 0.479 e. The number of carboxylic acid groups (broad SMARTS) is 1. The number of carbonyl (C=O) groups excluding carboxylic acids is 1. The second-order valence-electron chi connectivity index (χ2n) is 20.7. The Bertz CT molecular complexity index is 1620. The molecule has 0 unspecified atom stereocenters. The number of aliphatic hydroxyl groups is 9. The highest BCUT2D eigenvalue weighted by atomic mass is 16.7. The molecule has 330 valence electrons. The van der Waals surface area contributed by atoms with Gasteiger partial charge >= 0.3 is 11.9 Å². The average Bonchev–Trinajstić information content (AvgIpc) is 3.16. The fourth-order valence-electron chi connectivity index (χ4n) is 13.7. The second kappa shape index (κ2) is 14.9. The number of allylic oxidation sites excluding steroid dienone is 2. The van der Waals surface area contributed by atoms with Gasteiger partial charge in [0.1, 0.15) is 42.7 Å². The van der Waals surface area contributed by atoms with Crippen LogP contribution in [-0.2, 0) is 28.5 Å². The molecule has 2 saturated heterocycles. The minimum absolute atomic E-state index is 0.0176. The molecule has 0 spiro atoms. The van der Waals surface area contributed by atoms with Crippen molar-refractivity contribution in [3.8, 4) is 0 Å². The normalized spacial score (nSPS) is 53.8. The maximum absolute atomic E-state index is 14.6. The number of carbonyl (C=O) groups is 2. The summed E-state index contributed by atoms with van der Waals surface area (Å²) in [5.74, 6) is -2.48. The fourth-order valence-corrected chi connectivity index (χ4v) is 13.7. The van der Waals surface area contributed by atoms with Gasteiger partial charge in [-0.3, -0.25) is 4.79 Å². The van der Waals surface area contributed by atoms with Crippen molar-refractivity contribution >= 4 is 11.9 Å². The summed E-state index contributed by atoms with van der Waals surface area (Å²) in [5, 5.41) is 106. The number of aliphatic hydroxyl groups excluding tert-OH is 9. The SMILES string of the molecule is CC1(C)CC[C@]2(C(=O)O[C@@H]3O[C@H](CO)[C@@H](O)[C@H](O)[C@H]3O)CC[C@]3(C)C(=CC[C@@H]4[C@@]5(C)C[C@H](O)[C@H](O[C@@H]6O[C@H](C(=O)O)[C@@H](O)[C@H](O)[C@H]6O)[C@@](C)(CO)[C@@H]5CC[C@]43C)[C@H]2C1. The topological polar surface area (TPSA) is 273 Å². The van der Waals surface area contributed by atoms with Gasteiger partial charge in [0, 0.05) is 5.41 Å². The molecule has 7 aliphatic rings. The lowest BCUT2D eigenvalue weighted by Gasteiger charge is -2.71. The van der Waals surface area contributed by atoms with Gasteiger partial charge in [0.15, 0.2) is 12.4 Å². The van der Waals surface area contributed by atoms with Crippen LogP contribution in [0.1, 0.15) is 99.3 Å². The molecule has 0 aromatic heterocycles. The number of fused-ring (bicyclic) bond motifs is 7. The van der Waals surface area contributed by atoms with Crippen LogP contribution in [0.15, 0.2) is 11.6 Å². The van der Waals surface area contributed by atoms with Crippen molar-refractivity contribution in [1.29, 1.82) is 0 Å². The van der Waals surface area contributed by atoms with E-state index < -0.39 is 115 Å². The second-order valence-corrected chi connectivity index (χ2v) is 20.7. The molecular formula is C42H66O16. The van der Waals surface area contributed by atoms with Gasteiger partial charge < -0.3 is 70.0 Å². The number of esters is 1. The van der Waals surface area contributed by atoms with Gasteiger partial charge in [0.25, 0.3) is 0 Å². The Morgan fingerprint density at radius 2 is 1.40 bits per heavy atom. The Morgan fingerprint density at radius 1 is 0.759 bits per heavy atom. The number of hydrogen-bond acceptors (Lipinski definition) is 15. The van der Waals surface area contributed by atoms with Crippen LogP contribution in [-0.4, -0.2) is 150 Å². The van der Waals surface area contributed by atoms with E-state index in [9.17, 15) is 60.7 Å². The Morgan fingerprint density at radius 3 is 2.03 bits per heavy atom. The first-order chi connectivity index (χ1) is 27.0. The summed E-state index contributed by atoms with van der Waals surface area (Å²) in [6.45, 7) is 12.0. The van der Waals surface area contributed by atoms with E-state index in [-0.39, 0.29) is 40.4 Å². The minimum Gasteiger partial charge on any atom is -0.479 e. The molecule has 58 heavy (non-hydrogen) atoms. The third kappa shape index (κ3) is 6.37.